The molecule has 0 bridgehead atoms. The number of carbonyl (C=O) groups excluding carboxylic acids is 1. The zero-order chi connectivity index (χ0) is 13.8. The quantitative estimate of drug-likeness (QED) is 0.908. The highest BCUT2D eigenvalue weighted by atomic mass is 35.5. The molecule has 0 aliphatic carbocycles. The van der Waals surface area contributed by atoms with Gasteiger partial charge in [0.2, 0.25) is 0 Å². The van der Waals surface area contributed by atoms with Crippen molar-refractivity contribution in [2.45, 2.75) is 13.1 Å². The molecule has 0 fully saturated rings. The summed E-state index contributed by atoms with van der Waals surface area (Å²) in [5.41, 5.74) is 7.99. The second-order valence-electron chi connectivity index (χ2n) is 3.94. The van der Waals surface area contributed by atoms with Crippen LogP contribution in [0.15, 0.2) is 30.3 Å². The number of hydrogen-bond donors (Lipinski definition) is 2. The first-order chi connectivity index (χ1) is 9.10. The summed E-state index contributed by atoms with van der Waals surface area (Å²) < 4.78 is 0.906. The minimum atomic E-state index is -0.226. The Kier molecular flexibility index (Phi) is 4.82. The van der Waals surface area contributed by atoms with Crippen molar-refractivity contribution in [3.8, 4) is 0 Å². The van der Waals surface area contributed by atoms with E-state index in [1.165, 1.54) is 11.3 Å². The lowest BCUT2D eigenvalue weighted by Gasteiger charge is -2.05. The summed E-state index contributed by atoms with van der Waals surface area (Å²) >= 11 is 12.9. The lowest BCUT2D eigenvalue weighted by atomic mass is 10.1. The highest BCUT2D eigenvalue weighted by molar-refractivity contribution is 7.20. The van der Waals surface area contributed by atoms with Crippen molar-refractivity contribution in [1.82, 2.24) is 5.32 Å². The topological polar surface area (TPSA) is 55.1 Å². The van der Waals surface area contributed by atoms with Gasteiger partial charge in [-0.25, -0.2) is 0 Å². The Hall–Kier alpha value is -1.07. The molecule has 0 aliphatic heterocycles. The van der Waals surface area contributed by atoms with Crippen LogP contribution in [0.4, 0.5) is 0 Å². The molecule has 0 atom stereocenters. The molecule has 0 unspecified atom stereocenters. The summed E-state index contributed by atoms with van der Waals surface area (Å²) in [5, 5.41) is 2.80. The Balaban J connectivity index is 1.98. The molecular formula is C13H12Cl2N2OS. The fourth-order valence-electron chi connectivity index (χ4n) is 1.57. The lowest BCUT2D eigenvalue weighted by Crippen LogP contribution is -2.22. The summed E-state index contributed by atoms with van der Waals surface area (Å²) in [6.45, 7) is 0.948. The highest BCUT2D eigenvalue weighted by Crippen LogP contribution is 2.30. The average molecular weight is 315 g/mol. The number of benzene rings is 1. The van der Waals surface area contributed by atoms with Crippen molar-refractivity contribution in [2.75, 3.05) is 0 Å². The molecule has 0 saturated carbocycles. The van der Waals surface area contributed by atoms with Gasteiger partial charge in [-0.2, -0.15) is 0 Å². The van der Waals surface area contributed by atoms with Gasteiger partial charge >= 0.3 is 0 Å². The minimum absolute atomic E-state index is 0.226. The van der Waals surface area contributed by atoms with E-state index in [4.69, 9.17) is 28.9 Å². The lowest BCUT2D eigenvalue weighted by molar-refractivity contribution is 0.0951. The van der Waals surface area contributed by atoms with Gasteiger partial charge in [-0.05, 0) is 17.2 Å². The molecule has 6 heteroatoms. The minimum Gasteiger partial charge on any atom is -0.348 e. The van der Waals surface area contributed by atoms with Crippen LogP contribution in [0, 0.1) is 0 Å². The molecule has 1 amide bonds. The van der Waals surface area contributed by atoms with Crippen LogP contribution < -0.4 is 11.1 Å². The Labute approximate surface area is 125 Å². The largest absolute Gasteiger partial charge is 0.348 e. The summed E-state index contributed by atoms with van der Waals surface area (Å²) in [5.74, 6) is -0.226. The van der Waals surface area contributed by atoms with E-state index in [1.807, 2.05) is 24.3 Å². The van der Waals surface area contributed by atoms with Crippen LogP contribution >= 0.6 is 34.5 Å². The number of hydrogen-bond acceptors (Lipinski definition) is 3. The second kappa shape index (κ2) is 6.39. The van der Waals surface area contributed by atoms with Gasteiger partial charge in [-0.3, -0.25) is 4.79 Å². The van der Waals surface area contributed by atoms with E-state index in [1.54, 1.807) is 6.07 Å². The maximum atomic E-state index is 11.9. The molecule has 3 N–H and O–H groups in total. The van der Waals surface area contributed by atoms with E-state index < -0.39 is 0 Å². The SMILES string of the molecule is NCc1ccc(CNC(=O)c2cc(Cl)sc2Cl)cc1. The normalized spacial score (nSPS) is 10.5. The van der Waals surface area contributed by atoms with Crippen LogP contribution in [0.3, 0.4) is 0 Å². The van der Waals surface area contributed by atoms with Crippen molar-refractivity contribution in [3.05, 3.63) is 55.7 Å². The smallest absolute Gasteiger partial charge is 0.253 e. The van der Waals surface area contributed by atoms with Crippen LogP contribution in [0.2, 0.25) is 8.67 Å². The van der Waals surface area contributed by atoms with E-state index in [0.717, 1.165) is 11.1 Å². The van der Waals surface area contributed by atoms with Crippen LogP contribution in [-0.4, -0.2) is 5.91 Å². The molecule has 0 saturated heterocycles. The molecule has 1 aromatic heterocycles. The van der Waals surface area contributed by atoms with E-state index in [2.05, 4.69) is 5.32 Å². The molecule has 2 rings (SSSR count). The third kappa shape index (κ3) is 3.70. The predicted molar refractivity (Wildman–Crippen MR) is 79.8 cm³/mol. The third-order valence-corrected chi connectivity index (χ3v) is 4.10. The number of amides is 1. The van der Waals surface area contributed by atoms with Gasteiger partial charge in [0.15, 0.2) is 0 Å². The van der Waals surface area contributed by atoms with Gasteiger partial charge in [-0.1, -0.05) is 47.5 Å². The van der Waals surface area contributed by atoms with Crippen LogP contribution in [-0.2, 0) is 13.1 Å². The number of halogens is 2. The van der Waals surface area contributed by atoms with Crippen molar-refractivity contribution in [2.24, 2.45) is 5.73 Å². The number of nitrogens with one attached hydrogen (secondary N) is 1. The maximum Gasteiger partial charge on any atom is 0.253 e. The molecule has 1 aromatic carbocycles. The number of rotatable bonds is 4. The highest BCUT2D eigenvalue weighted by Gasteiger charge is 2.13. The number of thiophene rings is 1. The predicted octanol–water partition coefficient (Wildman–Crippen LogP) is 3.44. The third-order valence-electron chi connectivity index (χ3n) is 2.61. The van der Waals surface area contributed by atoms with Crippen molar-refractivity contribution >= 4 is 40.4 Å². The standard InChI is InChI=1S/C13H12Cl2N2OS/c14-11-5-10(12(15)19-11)13(18)17-7-9-3-1-8(6-16)2-4-9/h1-5H,6-7,16H2,(H,17,18). The molecule has 0 spiro atoms. The first kappa shape index (κ1) is 14.3. The Morgan fingerprint density at radius 3 is 2.37 bits per heavy atom. The summed E-state index contributed by atoms with van der Waals surface area (Å²) in [6, 6.07) is 9.32. The van der Waals surface area contributed by atoms with Gasteiger partial charge in [0, 0.05) is 13.1 Å². The fraction of sp³-hybridized carbons (Fsp3) is 0.154. The average Bonchev–Trinajstić information content (AvgIpc) is 2.75. The van der Waals surface area contributed by atoms with Crippen LogP contribution in [0.25, 0.3) is 0 Å². The summed E-state index contributed by atoms with van der Waals surface area (Å²) in [6.07, 6.45) is 0. The van der Waals surface area contributed by atoms with Crippen LogP contribution in [0.1, 0.15) is 21.5 Å². The van der Waals surface area contributed by atoms with Gasteiger partial charge in [0.25, 0.3) is 5.91 Å². The van der Waals surface area contributed by atoms with E-state index in [-0.39, 0.29) is 5.91 Å². The maximum absolute atomic E-state index is 11.9. The molecule has 100 valence electrons. The number of nitrogens with two attached hydrogens (primary N) is 1. The zero-order valence-corrected chi connectivity index (χ0v) is 12.3. The molecule has 0 radical (unpaired) electrons. The van der Waals surface area contributed by atoms with Crippen molar-refractivity contribution in [1.29, 1.82) is 0 Å². The summed E-state index contributed by atoms with van der Waals surface area (Å²) in [4.78, 5) is 11.9. The van der Waals surface area contributed by atoms with E-state index in [9.17, 15) is 4.79 Å². The van der Waals surface area contributed by atoms with Crippen molar-refractivity contribution < 1.29 is 4.79 Å². The molecule has 0 aliphatic rings. The van der Waals surface area contributed by atoms with Gasteiger partial charge < -0.3 is 11.1 Å². The van der Waals surface area contributed by atoms with Crippen molar-refractivity contribution in [3.63, 3.8) is 0 Å². The Bertz CT molecular complexity index is 581. The fourth-order valence-corrected chi connectivity index (χ4v) is 3.02. The van der Waals surface area contributed by atoms with Gasteiger partial charge in [0.1, 0.15) is 4.34 Å². The van der Waals surface area contributed by atoms with E-state index in [0.29, 0.717) is 27.3 Å². The molecule has 1 heterocycles. The van der Waals surface area contributed by atoms with Crippen LogP contribution in [0.5, 0.6) is 0 Å². The van der Waals surface area contributed by atoms with Gasteiger partial charge in [-0.15, -0.1) is 11.3 Å². The monoisotopic (exact) mass is 314 g/mol. The second-order valence-corrected chi connectivity index (χ2v) is 6.23. The molecule has 2 aromatic rings. The Morgan fingerprint density at radius 1 is 1.21 bits per heavy atom. The molecular weight excluding hydrogens is 303 g/mol. The van der Waals surface area contributed by atoms with E-state index >= 15 is 0 Å². The number of carbonyl (C=O) groups is 1. The Morgan fingerprint density at radius 2 is 1.84 bits per heavy atom. The van der Waals surface area contributed by atoms with Gasteiger partial charge in [0.05, 0.1) is 9.90 Å². The zero-order valence-electron chi connectivity index (χ0n) is 9.95. The molecule has 3 nitrogen and oxygen atoms in total. The summed E-state index contributed by atoms with van der Waals surface area (Å²) in [7, 11) is 0. The molecule has 19 heavy (non-hydrogen) atoms. The first-order valence-electron chi connectivity index (χ1n) is 5.61. The first-order valence-corrected chi connectivity index (χ1v) is 7.18.